The average molecular weight is 300 g/mol. The molecule has 1 aliphatic heterocycles. The third-order valence-corrected chi connectivity index (χ3v) is 3.28. The lowest BCUT2D eigenvalue weighted by Crippen LogP contribution is -2.42. The van der Waals surface area contributed by atoms with E-state index < -0.39 is 36.9 Å². The first-order valence-corrected chi connectivity index (χ1v) is 6.45. The molecule has 2 rings (SSSR count). The van der Waals surface area contributed by atoms with E-state index in [2.05, 4.69) is 0 Å². The van der Waals surface area contributed by atoms with E-state index in [4.69, 9.17) is 14.2 Å². The third kappa shape index (κ3) is 3.69. The lowest BCUT2D eigenvalue weighted by Gasteiger charge is -2.20. The normalized spacial score (nSPS) is 31.9. The van der Waals surface area contributed by atoms with E-state index in [1.54, 1.807) is 24.3 Å². The molecular weight excluding hydrogens is 283 g/mol. The van der Waals surface area contributed by atoms with Crippen LogP contribution in [-0.2, 0) is 20.8 Å². The minimum atomic E-state index is -2.30. The van der Waals surface area contributed by atoms with E-state index >= 15 is 0 Å². The van der Waals surface area contributed by atoms with E-state index in [1.807, 2.05) is 6.07 Å². The molecule has 0 spiro atoms. The summed E-state index contributed by atoms with van der Waals surface area (Å²) in [6.45, 7) is 0.638. The van der Waals surface area contributed by atoms with Crippen molar-refractivity contribution in [2.45, 2.75) is 37.7 Å². The number of alkyl halides is 1. The van der Waals surface area contributed by atoms with Crippen LogP contribution >= 0.6 is 0 Å². The smallest absolute Gasteiger partial charge is 0.431 e. The summed E-state index contributed by atoms with van der Waals surface area (Å²) < 4.78 is 28.1. The molecular formula is C14H17FO6. The van der Waals surface area contributed by atoms with Crippen LogP contribution in [0.3, 0.4) is 0 Å². The summed E-state index contributed by atoms with van der Waals surface area (Å²) in [6, 6.07) is 9.00. The van der Waals surface area contributed by atoms with Crippen LogP contribution in [0, 0.1) is 0 Å². The van der Waals surface area contributed by atoms with E-state index in [-0.39, 0.29) is 6.61 Å². The summed E-state index contributed by atoms with van der Waals surface area (Å²) in [5.41, 5.74) is -1.51. The zero-order valence-corrected chi connectivity index (χ0v) is 11.4. The van der Waals surface area contributed by atoms with Gasteiger partial charge in [-0.15, -0.1) is 0 Å². The lowest BCUT2D eigenvalue weighted by molar-refractivity contribution is -0.144. The van der Waals surface area contributed by atoms with Gasteiger partial charge in [0.05, 0.1) is 0 Å². The van der Waals surface area contributed by atoms with Crippen LogP contribution in [0.15, 0.2) is 30.3 Å². The number of rotatable bonds is 4. The molecule has 2 N–H and O–H groups in total. The Kier molecular flexibility index (Phi) is 4.76. The van der Waals surface area contributed by atoms with E-state index in [9.17, 15) is 19.4 Å². The maximum absolute atomic E-state index is 13.7. The van der Waals surface area contributed by atoms with Gasteiger partial charge in [0.1, 0.15) is 25.4 Å². The average Bonchev–Trinajstić information content (AvgIpc) is 2.67. The third-order valence-electron chi connectivity index (χ3n) is 3.28. The molecule has 0 bridgehead atoms. The number of benzene rings is 1. The Morgan fingerprint density at radius 3 is 2.57 bits per heavy atom. The van der Waals surface area contributed by atoms with Crippen molar-refractivity contribution >= 4 is 6.16 Å². The number of halogens is 1. The Bertz CT molecular complexity index is 478. The van der Waals surface area contributed by atoms with Crippen LogP contribution in [0.25, 0.3) is 0 Å². The van der Waals surface area contributed by atoms with Gasteiger partial charge in [0.15, 0.2) is 12.0 Å². The largest absolute Gasteiger partial charge is 0.508 e. The van der Waals surface area contributed by atoms with Crippen LogP contribution in [0.5, 0.6) is 0 Å². The number of carbonyl (C=O) groups excluding carboxylic acids is 1. The molecule has 1 aliphatic rings. The molecule has 1 aromatic carbocycles. The standard InChI is InChI=1S/C14H17FO6/c1-14(15)11(16)10(21-12(14)17)8-20-13(18)19-7-9-5-3-2-4-6-9/h2-6,10-12,16-17H,7-8H2,1H3/t10?,11-,12-,14-/m1/s1. The van der Waals surface area contributed by atoms with E-state index in [1.165, 1.54) is 0 Å². The number of carbonyl (C=O) groups is 1. The van der Waals surface area contributed by atoms with Gasteiger partial charge in [-0.1, -0.05) is 30.3 Å². The van der Waals surface area contributed by atoms with Crippen LogP contribution < -0.4 is 0 Å². The quantitative estimate of drug-likeness (QED) is 0.811. The van der Waals surface area contributed by atoms with Gasteiger partial charge in [0.2, 0.25) is 0 Å². The van der Waals surface area contributed by atoms with Crippen molar-refractivity contribution in [2.24, 2.45) is 0 Å². The van der Waals surface area contributed by atoms with Crippen LogP contribution in [-0.4, -0.2) is 47.1 Å². The van der Waals surface area contributed by atoms with Gasteiger partial charge < -0.3 is 24.4 Å². The highest BCUT2D eigenvalue weighted by atomic mass is 19.1. The van der Waals surface area contributed by atoms with Gasteiger partial charge in [-0.25, -0.2) is 9.18 Å². The molecule has 1 heterocycles. The zero-order valence-electron chi connectivity index (χ0n) is 11.4. The number of aliphatic hydroxyl groups excluding tert-OH is 2. The van der Waals surface area contributed by atoms with E-state index in [0.717, 1.165) is 12.5 Å². The molecule has 116 valence electrons. The van der Waals surface area contributed by atoms with Crippen LogP contribution in [0.1, 0.15) is 12.5 Å². The van der Waals surface area contributed by atoms with Gasteiger partial charge >= 0.3 is 6.16 Å². The molecule has 21 heavy (non-hydrogen) atoms. The number of ether oxygens (including phenoxy) is 3. The van der Waals surface area contributed by atoms with Gasteiger partial charge in [-0.05, 0) is 12.5 Å². The fourth-order valence-corrected chi connectivity index (χ4v) is 1.92. The summed E-state index contributed by atoms with van der Waals surface area (Å²) >= 11 is 0. The Balaban J connectivity index is 1.75. The predicted octanol–water partition coefficient (Wildman–Crippen LogP) is 1.15. The fourth-order valence-electron chi connectivity index (χ4n) is 1.92. The topological polar surface area (TPSA) is 85.2 Å². The SMILES string of the molecule is C[C@]1(F)[C@H](O)OC(COC(=O)OCc2ccccc2)[C@H]1O. The summed E-state index contributed by atoms with van der Waals surface area (Å²) in [5.74, 6) is 0. The van der Waals surface area contributed by atoms with Crippen molar-refractivity contribution in [1.82, 2.24) is 0 Å². The number of hydrogen-bond acceptors (Lipinski definition) is 6. The van der Waals surface area contributed by atoms with Crippen molar-refractivity contribution in [2.75, 3.05) is 6.61 Å². The first kappa shape index (κ1) is 15.7. The second kappa shape index (κ2) is 6.38. The molecule has 0 saturated carbocycles. The lowest BCUT2D eigenvalue weighted by atomic mass is 10.0. The molecule has 4 atom stereocenters. The van der Waals surface area contributed by atoms with E-state index in [0.29, 0.717) is 0 Å². The van der Waals surface area contributed by atoms with Crippen molar-refractivity contribution in [3.8, 4) is 0 Å². The van der Waals surface area contributed by atoms with Crippen LogP contribution in [0.4, 0.5) is 9.18 Å². The highest BCUT2D eigenvalue weighted by Crippen LogP contribution is 2.33. The first-order chi connectivity index (χ1) is 9.91. The van der Waals surface area contributed by atoms with Crippen molar-refractivity contribution < 1.29 is 33.6 Å². The summed E-state index contributed by atoms with van der Waals surface area (Å²) in [6.07, 6.45) is -5.45. The second-order valence-electron chi connectivity index (χ2n) is 4.96. The molecule has 1 aromatic rings. The first-order valence-electron chi connectivity index (χ1n) is 6.45. The predicted molar refractivity (Wildman–Crippen MR) is 69.0 cm³/mol. The summed E-state index contributed by atoms with van der Waals surface area (Å²) in [7, 11) is 0. The Labute approximate surface area is 121 Å². The van der Waals surface area contributed by atoms with Crippen molar-refractivity contribution in [3.63, 3.8) is 0 Å². The molecule has 1 saturated heterocycles. The molecule has 7 heteroatoms. The van der Waals surface area contributed by atoms with Gasteiger partial charge in [0, 0.05) is 0 Å². The monoisotopic (exact) mass is 300 g/mol. The molecule has 1 fully saturated rings. The summed E-state index contributed by atoms with van der Waals surface area (Å²) in [4.78, 5) is 11.4. The second-order valence-corrected chi connectivity index (χ2v) is 4.96. The van der Waals surface area contributed by atoms with Gasteiger partial charge in [0.25, 0.3) is 0 Å². The molecule has 1 unspecified atom stereocenters. The maximum atomic E-state index is 13.7. The van der Waals surface area contributed by atoms with Crippen molar-refractivity contribution in [1.29, 1.82) is 0 Å². The van der Waals surface area contributed by atoms with Crippen LogP contribution in [0.2, 0.25) is 0 Å². The van der Waals surface area contributed by atoms with Gasteiger partial charge in [-0.3, -0.25) is 0 Å². The Hall–Kier alpha value is -1.70. The number of aliphatic hydroxyl groups is 2. The minimum absolute atomic E-state index is 0.0389. The minimum Gasteiger partial charge on any atom is -0.431 e. The number of hydrogen-bond donors (Lipinski definition) is 2. The Morgan fingerprint density at radius 2 is 2.00 bits per heavy atom. The highest BCUT2D eigenvalue weighted by Gasteiger charge is 2.53. The Morgan fingerprint density at radius 1 is 1.33 bits per heavy atom. The molecule has 0 aliphatic carbocycles. The molecule has 0 radical (unpaired) electrons. The molecule has 0 aromatic heterocycles. The zero-order chi connectivity index (χ0) is 15.5. The molecule has 6 nitrogen and oxygen atoms in total. The fraction of sp³-hybridized carbons (Fsp3) is 0.500. The van der Waals surface area contributed by atoms with Gasteiger partial charge in [-0.2, -0.15) is 0 Å². The highest BCUT2D eigenvalue weighted by molar-refractivity contribution is 5.59. The molecule has 0 amide bonds. The summed E-state index contributed by atoms with van der Waals surface area (Å²) in [5, 5.41) is 18.9. The van der Waals surface area contributed by atoms with Crippen molar-refractivity contribution in [3.05, 3.63) is 35.9 Å². The maximum Gasteiger partial charge on any atom is 0.508 e.